The van der Waals surface area contributed by atoms with E-state index in [4.69, 9.17) is 4.74 Å². The minimum Gasteiger partial charge on any atom is -0.497 e. The van der Waals surface area contributed by atoms with Crippen molar-refractivity contribution in [2.75, 3.05) is 7.11 Å². The Hall–Kier alpha value is -2.82. The number of fused-ring (bicyclic) bond motifs is 1. The third-order valence-corrected chi connectivity index (χ3v) is 3.69. The van der Waals surface area contributed by atoms with Crippen LogP contribution in [-0.4, -0.2) is 22.6 Å². The van der Waals surface area contributed by atoms with Crippen molar-refractivity contribution in [1.29, 1.82) is 0 Å². The van der Waals surface area contributed by atoms with Gasteiger partial charge in [0, 0.05) is 12.6 Å². The zero-order valence-electron chi connectivity index (χ0n) is 13.0. The first-order chi connectivity index (χ1) is 11.2. The fraction of sp³-hybridized carbons (Fsp3) is 0.222. The normalized spacial score (nSPS) is 10.7. The Balaban J connectivity index is 1.49. The summed E-state index contributed by atoms with van der Waals surface area (Å²) in [5.41, 5.74) is 3.00. The summed E-state index contributed by atoms with van der Waals surface area (Å²) >= 11 is 0. The van der Waals surface area contributed by atoms with Crippen LogP contribution in [0.25, 0.3) is 5.52 Å². The van der Waals surface area contributed by atoms with E-state index in [0.29, 0.717) is 19.4 Å². The molecule has 0 saturated carbocycles. The van der Waals surface area contributed by atoms with Gasteiger partial charge in [0.15, 0.2) is 0 Å². The van der Waals surface area contributed by atoms with Gasteiger partial charge in [0.25, 0.3) is 0 Å². The number of pyridine rings is 1. The van der Waals surface area contributed by atoms with Crippen molar-refractivity contribution in [3.63, 3.8) is 0 Å². The number of nitrogens with zero attached hydrogens (tertiary/aromatic N) is 2. The molecule has 0 aliphatic rings. The molecule has 3 rings (SSSR count). The molecule has 1 aromatic carbocycles. The molecule has 0 radical (unpaired) electrons. The maximum atomic E-state index is 12.0. The molecule has 0 fully saturated rings. The largest absolute Gasteiger partial charge is 0.497 e. The molecule has 0 atom stereocenters. The van der Waals surface area contributed by atoms with Crippen molar-refractivity contribution >= 4 is 11.4 Å². The first-order valence-electron chi connectivity index (χ1n) is 7.57. The van der Waals surface area contributed by atoms with Gasteiger partial charge in [-0.25, -0.2) is 4.52 Å². The maximum Gasteiger partial charge on any atom is 0.220 e. The highest BCUT2D eigenvalue weighted by Gasteiger charge is 2.05. The Morgan fingerprint density at radius 3 is 2.78 bits per heavy atom. The van der Waals surface area contributed by atoms with Crippen molar-refractivity contribution < 1.29 is 9.53 Å². The molecule has 0 bridgehead atoms. The highest BCUT2D eigenvalue weighted by Crippen LogP contribution is 2.12. The molecule has 0 aliphatic carbocycles. The van der Waals surface area contributed by atoms with E-state index in [1.165, 1.54) is 0 Å². The van der Waals surface area contributed by atoms with Crippen LogP contribution in [0.3, 0.4) is 0 Å². The van der Waals surface area contributed by atoms with Gasteiger partial charge in [-0.1, -0.05) is 18.2 Å². The summed E-state index contributed by atoms with van der Waals surface area (Å²) in [4.78, 5) is 12.0. The zero-order chi connectivity index (χ0) is 16.1. The summed E-state index contributed by atoms with van der Waals surface area (Å²) in [5, 5.41) is 7.32. The number of methoxy groups -OCH3 is 1. The third kappa shape index (κ3) is 3.88. The zero-order valence-corrected chi connectivity index (χ0v) is 13.0. The molecule has 3 aromatic rings. The van der Waals surface area contributed by atoms with E-state index in [2.05, 4.69) is 10.4 Å². The number of hydrogen-bond acceptors (Lipinski definition) is 3. The van der Waals surface area contributed by atoms with Gasteiger partial charge in [-0.3, -0.25) is 4.79 Å². The number of aryl methyl sites for hydroxylation is 1. The summed E-state index contributed by atoms with van der Waals surface area (Å²) < 4.78 is 6.92. The summed E-state index contributed by atoms with van der Waals surface area (Å²) in [6.45, 7) is 0.448. The average molecular weight is 309 g/mol. The molecule has 1 amide bonds. The summed E-state index contributed by atoms with van der Waals surface area (Å²) in [7, 11) is 1.64. The van der Waals surface area contributed by atoms with Crippen LogP contribution in [0.5, 0.6) is 5.75 Å². The van der Waals surface area contributed by atoms with Crippen molar-refractivity contribution in [2.45, 2.75) is 19.4 Å². The molecule has 23 heavy (non-hydrogen) atoms. The second kappa shape index (κ2) is 6.96. The van der Waals surface area contributed by atoms with E-state index in [9.17, 15) is 4.79 Å². The van der Waals surface area contributed by atoms with Crippen LogP contribution >= 0.6 is 0 Å². The second-order valence-electron chi connectivity index (χ2n) is 5.33. The van der Waals surface area contributed by atoms with Crippen LogP contribution in [-0.2, 0) is 17.8 Å². The van der Waals surface area contributed by atoms with E-state index in [1.807, 2.05) is 54.7 Å². The van der Waals surface area contributed by atoms with Gasteiger partial charge >= 0.3 is 0 Å². The second-order valence-corrected chi connectivity index (χ2v) is 5.33. The van der Waals surface area contributed by atoms with E-state index < -0.39 is 0 Å². The summed E-state index contributed by atoms with van der Waals surface area (Å²) in [5.74, 6) is 0.850. The Kier molecular flexibility index (Phi) is 4.57. The predicted octanol–water partition coefficient (Wildman–Crippen LogP) is 2.59. The molecule has 2 heterocycles. The number of ether oxygens (including phenoxy) is 1. The van der Waals surface area contributed by atoms with Crippen molar-refractivity contribution in [3.05, 3.63) is 66.0 Å². The van der Waals surface area contributed by atoms with E-state index in [-0.39, 0.29) is 5.91 Å². The summed E-state index contributed by atoms with van der Waals surface area (Å²) in [6.07, 6.45) is 3.06. The minimum atomic E-state index is 0.0258. The first kappa shape index (κ1) is 15.1. The van der Waals surface area contributed by atoms with Gasteiger partial charge in [0.2, 0.25) is 5.91 Å². The lowest BCUT2D eigenvalue weighted by Gasteiger charge is -2.04. The number of hydrogen-bond donors (Lipinski definition) is 1. The molecule has 0 saturated heterocycles. The Morgan fingerprint density at radius 1 is 1.22 bits per heavy atom. The standard InChI is InChI=1S/C18H19N3O2/c1-23-17-8-5-14(6-9-17)7-10-18(22)19-13-15-12-16-4-2-3-11-21(16)20-15/h2-6,8-9,11-12H,7,10,13H2,1H3,(H,19,22). The van der Waals surface area contributed by atoms with Gasteiger partial charge in [-0.05, 0) is 42.3 Å². The highest BCUT2D eigenvalue weighted by atomic mass is 16.5. The van der Waals surface area contributed by atoms with Gasteiger partial charge in [0.1, 0.15) is 5.75 Å². The molecule has 5 heteroatoms. The fourth-order valence-corrected chi connectivity index (χ4v) is 2.41. The fourth-order valence-electron chi connectivity index (χ4n) is 2.41. The van der Waals surface area contributed by atoms with Crippen LogP contribution in [0.4, 0.5) is 0 Å². The number of carbonyl (C=O) groups is 1. The molecule has 118 valence electrons. The molecule has 0 spiro atoms. The van der Waals surface area contributed by atoms with Crippen molar-refractivity contribution in [3.8, 4) is 5.75 Å². The SMILES string of the molecule is COc1ccc(CCC(=O)NCc2cc3ccccn3n2)cc1. The number of benzene rings is 1. The van der Waals surface area contributed by atoms with Gasteiger partial charge < -0.3 is 10.1 Å². The number of amides is 1. The lowest BCUT2D eigenvalue weighted by Crippen LogP contribution is -2.23. The third-order valence-electron chi connectivity index (χ3n) is 3.69. The molecule has 2 aromatic heterocycles. The first-order valence-corrected chi connectivity index (χ1v) is 7.57. The smallest absolute Gasteiger partial charge is 0.220 e. The molecule has 0 unspecified atom stereocenters. The van der Waals surface area contributed by atoms with Crippen molar-refractivity contribution in [1.82, 2.24) is 14.9 Å². The number of aromatic nitrogens is 2. The van der Waals surface area contributed by atoms with Gasteiger partial charge in [-0.2, -0.15) is 5.10 Å². The highest BCUT2D eigenvalue weighted by molar-refractivity contribution is 5.76. The Labute approximate surface area is 134 Å². The van der Waals surface area contributed by atoms with Gasteiger partial charge in [-0.15, -0.1) is 0 Å². The maximum absolute atomic E-state index is 12.0. The Morgan fingerprint density at radius 2 is 2.04 bits per heavy atom. The predicted molar refractivity (Wildman–Crippen MR) is 88.4 cm³/mol. The number of carbonyl (C=O) groups excluding carboxylic acids is 1. The molecular weight excluding hydrogens is 290 g/mol. The van der Waals surface area contributed by atoms with Crippen molar-refractivity contribution in [2.24, 2.45) is 0 Å². The van der Waals surface area contributed by atoms with E-state index >= 15 is 0 Å². The van der Waals surface area contributed by atoms with E-state index in [0.717, 1.165) is 22.5 Å². The number of rotatable bonds is 6. The summed E-state index contributed by atoms with van der Waals surface area (Å²) in [6, 6.07) is 15.6. The van der Waals surface area contributed by atoms with Gasteiger partial charge in [0.05, 0.1) is 24.9 Å². The van der Waals surface area contributed by atoms with Crippen LogP contribution in [0.1, 0.15) is 17.7 Å². The van der Waals surface area contributed by atoms with E-state index in [1.54, 1.807) is 11.6 Å². The molecular formula is C18H19N3O2. The average Bonchev–Trinajstić information content (AvgIpc) is 3.01. The minimum absolute atomic E-state index is 0.0258. The topological polar surface area (TPSA) is 55.6 Å². The quantitative estimate of drug-likeness (QED) is 0.761. The van der Waals surface area contributed by atoms with Crippen LogP contribution < -0.4 is 10.1 Å². The number of nitrogens with one attached hydrogen (secondary N) is 1. The van der Waals surface area contributed by atoms with Crippen LogP contribution in [0.2, 0.25) is 0 Å². The monoisotopic (exact) mass is 309 g/mol. The lowest BCUT2D eigenvalue weighted by atomic mass is 10.1. The molecule has 0 aliphatic heterocycles. The molecule has 5 nitrogen and oxygen atoms in total. The van der Waals surface area contributed by atoms with Crippen LogP contribution in [0.15, 0.2) is 54.7 Å². The van der Waals surface area contributed by atoms with Crippen LogP contribution in [0, 0.1) is 0 Å². The molecule has 1 N–H and O–H groups in total. The lowest BCUT2D eigenvalue weighted by molar-refractivity contribution is -0.121. The Bertz CT molecular complexity index is 760.